The second kappa shape index (κ2) is 16.8. The molecule has 9 nitrogen and oxygen atoms in total. The van der Waals surface area contributed by atoms with Gasteiger partial charge in [-0.1, -0.05) is 76.5 Å². The van der Waals surface area contributed by atoms with Gasteiger partial charge < -0.3 is 24.8 Å². The number of hydrogen-bond donors (Lipinski definition) is 2. The van der Waals surface area contributed by atoms with Gasteiger partial charge in [-0.25, -0.2) is 13.2 Å². The Morgan fingerprint density at radius 2 is 1.80 bits per heavy atom. The lowest BCUT2D eigenvalue weighted by molar-refractivity contribution is -0.144. The number of aliphatic hydroxyl groups is 1. The minimum absolute atomic E-state index is 0.00884. The van der Waals surface area contributed by atoms with E-state index in [2.05, 4.69) is 46.6 Å². The highest BCUT2D eigenvalue weighted by Gasteiger charge is 2.42. The average Bonchev–Trinajstić information content (AvgIpc) is 3.11. The van der Waals surface area contributed by atoms with Gasteiger partial charge in [0.25, 0.3) is 5.91 Å². The summed E-state index contributed by atoms with van der Waals surface area (Å²) in [6.07, 6.45) is 9.79. The molecule has 2 N–H and O–H groups in total. The molecular formula is C35H45BrN2O7S. The number of para-hydroxylation sites is 1. The topological polar surface area (TPSA) is 122 Å². The fraction of sp³-hybridized carbons (Fsp3) is 0.429. The van der Waals surface area contributed by atoms with Crippen molar-refractivity contribution in [3.05, 3.63) is 83.1 Å². The largest absolute Gasteiger partial charge is 0.509 e. The third kappa shape index (κ3) is 9.48. The predicted molar refractivity (Wildman–Crippen MR) is 185 cm³/mol. The summed E-state index contributed by atoms with van der Waals surface area (Å²) in [4.78, 5) is 27.8. The van der Waals surface area contributed by atoms with Crippen LogP contribution in [0.1, 0.15) is 59.3 Å². The zero-order valence-electron chi connectivity index (χ0n) is 27.1. The number of aliphatic hydroxyl groups excluding tert-OH is 1. The van der Waals surface area contributed by atoms with Gasteiger partial charge in [-0.15, -0.1) is 0 Å². The van der Waals surface area contributed by atoms with Gasteiger partial charge in [0.15, 0.2) is 22.5 Å². The van der Waals surface area contributed by atoms with E-state index in [0.717, 1.165) is 44.2 Å². The van der Waals surface area contributed by atoms with Crippen LogP contribution in [0.25, 0.3) is 0 Å². The number of nitrogens with one attached hydrogen (secondary N) is 1. The Labute approximate surface area is 281 Å². The van der Waals surface area contributed by atoms with Crippen LogP contribution in [0.3, 0.4) is 0 Å². The first-order chi connectivity index (χ1) is 21.9. The zero-order valence-corrected chi connectivity index (χ0v) is 29.5. The Hall–Kier alpha value is -3.57. The summed E-state index contributed by atoms with van der Waals surface area (Å²) in [6, 6.07) is 11.7. The van der Waals surface area contributed by atoms with E-state index in [1.54, 1.807) is 19.1 Å². The minimum Gasteiger partial charge on any atom is -0.509 e. The molecule has 0 saturated carbocycles. The summed E-state index contributed by atoms with van der Waals surface area (Å²) in [5.74, 6) is -1.55. The van der Waals surface area contributed by atoms with Crippen molar-refractivity contribution >= 4 is 49.0 Å². The summed E-state index contributed by atoms with van der Waals surface area (Å²) in [5, 5.41) is 12.2. The lowest BCUT2D eigenvalue weighted by atomic mass is 9.79. The third-order valence-corrected chi connectivity index (χ3v) is 10.6. The number of methoxy groups -OCH3 is 1. The fourth-order valence-electron chi connectivity index (χ4n) is 5.77. The number of esters is 1. The van der Waals surface area contributed by atoms with Crippen LogP contribution in [0.15, 0.2) is 88.0 Å². The SMILES string of the molecule is C=C(O)/C=C(\C=C/C)[C@H](NC(=O)COc1cc2c(cc1Br)N(c1ccccc1)CC(CCCC)(CCCC)CS2(=O)=O)C(=O)OC. The van der Waals surface area contributed by atoms with Crippen molar-refractivity contribution in [2.45, 2.75) is 70.2 Å². The molecule has 1 aliphatic rings. The first-order valence-corrected chi connectivity index (χ1v) is 18.0. The van der Waals surface area contributed by atoms with E-state index < -0.39 is 39.8 Å². The van der Waals surface area contributed by atoms with Crippen LogP contribution in [0, 0.1) is 5.41 Å². The summed E-state index contributed by atoms with van der Waals surface area (Å²) >= 11 is 3.55. The molecule has 46 heavy (non-hydrogen) atoms. The molecule has 250 valence electrons. The maximum absolute atomic E-state index is 14.2. The van der Waals surface area contributed by atoms with E-state index in [9.17, 15) is 23.1 Å². The van der Waals surface area contributed by atoms with Gasteiger partial charge >= 0.3 is 5.97 Å². The minimum atomic E-state index is -3.78. The smallest absolute Gasteiger partial charge is 0.333 e. The third-order valence-electron chi connectivity index (χ3n) is 7.94. The Balaban J connectivity index is 2.01. The highest BCUT2D eigenvalue weighted by Crippen LogP contribution is 2.47. The molecule has 1 heterocycles. The van der Waals surface area contributed by atoms with Crippen LogP contribution in [0.5, 0.6) is 5.75 Å². The molecule has 3 rings (SSSR count). The summed E-state index contributed by atoms with van der Waals surface area (Å²) < 4.78 is 39.6. The molecule has 0 bridgehead atoms. The molecule has 1 aliphatic heterocycles. The van der Waals surface area contributed by atoms with Gasteiger partial charge in [-0.3, -0.25) is 4.79 Å². The van der Waals surface area contributed by atoms with Crippen molar-refractivity contribution in [3.8, 4) is 5.75 Å². The highest BCUT2D eigenvalue weighted by molar-refractivity contribution is 9.10. The van der Waals surface area contributed by atoms with Gasteiger partial charge in [0.1, 0.15) is 11.5 Å². The van der Waals surface area contributed by atoms with Crippen molar-refractivity contribution in [3.63, 3.8) is 0 Å². The number of ether oxygens (including phenoxy) is 2. The van der Waals surface area contributed by atoms with Crippen LogP contribution in [-0.2, 0) is 24.2 Å². The van der Waals surface area contributed by atoms with E-state index in [1.807, 2.05) is 30.3 Å². The van der Waals surface area contributed by atoms with Gasteiger partial charge in [0.2, 0.25) is 0 Å². The number of rotatable bonds is 15. The number of benzene rings is 2. The number of amides is 1. The van der Waals surface area contributed by atoms with Crippen LogP contribution in [0.4, 0.5) is 11.4 Å². The van der Waals surface area contributed by atoms with Crippen molar-refractivity contribution in [2.24, 2.45) is 5.41 Å². The Bertz CT molecular complexity index is 1550. The van der Waals surface area contributed by atoms with E-state index in [4.69, 9.17) is 9.47 Å². The number of anilines is 2. The normalized spacial score (nSPS) is 16.3. The van der Waals surface area contributed by atoms with Crippen molar-refractivity contribution in [2.75, 3.05) is 30.9 Å². The summed E-state index contributed by atoms with van der Waals surface area (Å²) in [5.41, 5.74) is 1.24. The first-order valence-electron chi connectivity index (χ1n) is 15.5. The number of carbonyl (C=O) groups is 2. The van der Waals surface area contributed by atoms with Crippen molar-refractivity contribution in [1.82, 2.24) is 5.32 Å². The number of sulfone groups is 1. The number of carbonyl (C=O) groups excluding carboxylic acids is 2. The van der Waals surface area contributed by atoms with E-state index in [-0.39, 0.29) is 27.7 Å². The fourth-order valence-corrected chi connectivity index (χ4v) is 8.33. The van der Waals surface area contributed by atoms with Gasteiger partial charge in [-0.05, 0) is 65.5 Å². The Kier molecular flexibility index (Phi) is 13.5. The molecule has 1 amide bonds. The average molecular weight is 718 g/mol. The molecule has 0 unspecified atom stereocenters. The molecular weight excluding hydrogens is 672 g/mol. The van der Waals surface area contributed by atoms with Crippen LogP contribution in [-0.4, -0.2) is 57.5 Å². The standard InChI is InChI=1S/C35H45BrN2O7S/c1-6-9-17-35(18-10-7-2)23-38(27-15-12-11-13-16-27)29-20-28(36)30(21-31(29)46(42,43)24-35)45-22-32(40)37-33(34(41)44-5)26(14-8-3)19-25(4)39/h8,11-16,19-21,33,39H,4,6-7,9-10,17-18,22-24H2,1-3,5H3,(H,37,40)/b14-8-,26-19+/t33-/m0/s1. The van der Waals surface area contributed by atoms with E-state index in [0.29, 0.717) is 16.7 Å². The number of halogens is 1. The molecule has 2 aromatic rings. The van der Waals surface area contributed by atoms with E-state index in [1.165, 1.54) is 25.3 Å². The molecule has 0 saturated heterocycles. The predicted octanol–water partition coefficient (Wildman–Crippen LogP) is 7.35. The molecule has 2 aromatic carbocycles. The number of hydrogen-bond acceptors (Lipinski definition) is 8. The van der Waals surface area contributed by atoms with E-state index >= 15 is 0 Å². The summed E-state index contributed by atoms with van der Waals surface area (Å²) in [6.45, 7) is 9.41. The molecule has 0 spiro atoms. The monoisotopic (exact) mass is 716 g/mol. The van der Waals surface area contributed by atoms with Crippen LogP contribution in [0.2, 0.25) is 0 Å². The summed E-state index contributed by atoms with van der Waals surface area (Å²) in [7, 11) is -2.59. The Morgan fingerprint density at radius 3 is 2.37 bits per heavy atom. The molecule has 0 aromatic heterocycles. The second-order valence-corrected chi connectivity index (χ2v) is 14.4. The number of fused-ring (bicyclic) bond motifs is 1. The maximum Gasteiger partial charge on any atom is 0.333 e. The maximum atomic E-state index is 14.2. The molecule has 0 radical (unpaired) electrons. The van der Waals surface area contributed by atoms with Gasteiger partial charge in [-0.2, -0.15) is 0 Å². The molecule has 1 atom stereocenters. The number of unbranched alkanes of at least 4 members (excludes halogenated alkanes) is 2. The molecule has 0 aliphatic carbocycles. The van der Waals surface area contributed by atoms with Crippen molar-refractivity contribution in [1.29, 1.82) is 0 Å². The van der Waals surface area contributed by atoms with Gasteiger partial charge in [0.05, 0.1) is 27.9 Å². The highest BCUT2D eigenvalue weighted by atomic mass is 79.9. The first kappa shape index (κ1) is 36.9. The molecule has 11 heteroatoms. The Morgan fingerprint density at radius 1 is 1.15 bits per heavy atom. The van der Waals surface area contributed by atoms with Gasteiger partial charge in [0, 0.05) is 23.7 Å². The van der Waals surface area contributed by atoms with Crippen LogP contribution < -0.4 is 15.0 Å². The lowest BCUT2D eigenvalue weighted by Crippen LogP contribution is -2.44. The second-order valence-electron chi connectivity index (χ2n) is 11.6. The number of allylic oxidation sites excluding steroid dienone is 2. The van der Waals surface area contributed by atoms with Crippen LogP contribution >= 0.6 is 15.9 Å². The molecule has 0 fully saturated rings. The zero-order chi connectivity index (χ0) is 33.9. The number of nitrogens with zero attached hydrogens (tertiary/aromatic N) is 1. The lowest BCUT2D eigenvalue weighted by Gasteiger charge is -2.37. The van der Waals surface area contributed by atoms with Crippen molar-refractivity contribution < 1.29 is 32.6 Å². The quantitative estimate of drug-likeness (QED) is 0.111.